The van der Waals surface area contributed by atoms with Crippen molar-refractivity contribution < 1.29 is 14.4 Å². The Bertz CT molecular complexity index is 652. The van der Waals surface area contributed by atoms with Gasteiger partial charge >= 0.3 is 5.97 Å². The van der Waals surface area contributed by atoms with Crippen LogP contribution >= 0.6 is 0 Å². The first kappa shape index (κ1) is 13.4. The maximum atomic E-state index is 12.2. The molecule has 3 rings (SSSR count). The molecule has 4 nitrogen and oxygen atoms in total. The van der Waals surface area contributed by atoms with Crippen molar-refractivity contribution in [1.82, 2.24) is 0 Å². The van der Waals surface area contributed by atoms with Gasteiger partial charge in [0.25, 0.3) is 0 Å². The van der Waals surface area contributed by atoms with Crippen LogP contribution in [0.15, 0.2) is 65.8 Å². The Hall–Kier alpha value is -2.62. The van der Waals surface area contributed by atoms with Crippen LogP contribution in [0.25, 0.3) is 0 Å². The molecular formula is C17H15NO3. The zero-order chi connectivity index (χ0) is 14.7. The first-order valence-electron chi connectivity index (χ1n) is 6.73. The fourth-order valence-electron chi connectivity index (χ4n) is 2.47. The summed E-state index contributed by atoms with van der Waals surface area (Å²) in [6, 6.07) is 19.1. The number of methoxy groups -OCH3 is 1. The van der Waals surface area contributed by atoms with E-state index in [1.165, 1.54) is 7.11 Å². The normalized spacial score (nSPS) is 20.5. The highest BCUT2D eigenvalue weighted by atomic mass is 16.6. The third-order valence-corrected chi connectivity index (χ3v) is 3.51. The van der Waals surface area contributed by atoms with Crippen molar-refractivity contribution in [1.29, 1.82) is 0 Å². The number of carbonyl (C=O) groups is 1. The number of esters is 1. The number of hydrogen-bond donors (Lipinski definition) is 0. The SMILES string of the molecule is COC(=O)[C@@H]1C(c2ccccc2)=NO[C@H]1c1ccccc1. The van der Waals surface area contributed by atoms with Gasteiger partial charge in [0.05, 0.1) is 7.11 Å². The molecule has 0 aromatic heterocycles. The van der Waals surface area contributed by atoms with Gasteiger partial charge in [-0.15, -0.1) is 0 Å². The summed E-state index contributed by atoms with van der Waals surface area (Å²) in [4.78, 5) is 17.7. The average Bonchev–Trinajstić information content (AvgIpc) is 3.00. The molecule has 2 atom stereocenters. The Morgan fingerprint density at radius 2 is 1.67 bits per heavy atom. The second-order valence-electron chi connectivity index (χ2n) is 4.78. The Kier molecular flexibility index (Phi) is 3.69. The number of carbonyl (C=O) groups excluding carboxylic acids is 1. The van der Waals surface area contributed by atoms with E-state index in [-0.39, 0.29) is 5.97 Å². The molecule has 1 aliphatic heterocycles. The minimum absolute atomic E-state index is 0.344. The van der Waals surface area contributed by atoms with Crippen LogP contribution in [0.4, 0.5) is 0 Å². The third-order valence-electron chi connectivity index (χ3n) is 3.51. The molecule has 0 saturated carbocycles. The number of ether oxygens (including phenoxy) is 1. The Labute approximate surface area is 123 Å². The summed E-state index contributed by atoms with van der Waals surface area (Å²) in [5.41, 5.74) is 2.38. The van der Waals surface area contributed by atoms with Crippen molar-refractivity contribution in [3.63, 3.8) is 0 Å². The van der Waals surface area contributed by atoms with Gasteiger partial charge in [-0.1, -0.05) is 65.8 Å². The monoisotopic (exact) mass is 281 g/mol. The van der Waals surface area contributed by atoms with Gasteiger partial charge in [-0.05, 0) is 5.56 Å². The van der Waals surface area contributed by atoms with Crippen LogP contribution in [0.1, 0.15) is 17.2 Å². The smallest absolute Gasteiger partial charge is 0.319 e. The Balaban J connectivity index is 1.98. The van der Waals surface area contributed by atoms with Gasteiger partial charge in [0.15, 0.2) is 6.10 Å². The first-order chi connectivity index (χ1) is 10.3. The molecule has 0 spiro atoms. The molecule has 0 bridgehead atoms. The van der Waals surface area contributed by atoms with Gasteiger partial charge < -0.3 is 9.57 Å². The van der Waals surface area contributed by atoms with E-state index in [4.69, 9.17) is 9.57 Å². The molecule has 0 fully saturated rings. The molecule has 21 heavy (non-hydrogen) atoms. The summed E-state index contributed by atoms with van der Waals surface area (Å²) in [5, 5.41) is 4.13. The van der Waals surface area contributed by atoms with Crippen molar-refractivity contribution >= 4 is 11.7 Å². The molecule has 0 aliphatic carbocycles. The molecule has 2 aromatic rings. The van der Waals surface area contributed by atoms with E-state index in [9.17, 15) is 4.79 Å². The van der Waals surface area contributed by atoms with Crippen molar-refractivity contribution in [3.05, 3.63) is 71.8 Å². The average molecular weight is 281 g/mol. The van der Waals surface area contributed by atoms with E-state index in [0.29, 0.717) is 5.71 Å². The van der Waals surface area contributed by atoms with Crippen LogP contribution < -0.4 is 0 Å². The highest BCUT2D eigenvalue weighted by Crippen LogP contribution is 2.35. The molecule has 4 heteroatoms. The number of rotatable bonds is 3. The summed E-state index contributed by atoms with van der Waals surface area (Å²) in [5.74, 6) is -0.899. The molecule has 0 radical (unpaired) electrons. The molecule has 0 unspecified atom stereocenters. The third kappa shape index (κ3) is 2.52. The van der Waals surface area contributed by atoms with Gasteiger partial charge in [0.1, 0.15) is 11.6 Å². The fourth-order valence-corrected chi connectivity index (χ4v) is 2.47. The van der Waals surface area contributed by atoms with E-state index in [2.05, 4.69) is 5.16 Å². The minimum atomic E-state index is -0.556. The predicted octanol–water partition coefficient (Wildman–Crippen LogP) is 2.95. The van der Waals surface area contributed by atoms with Gasteiger partial charge in [-0.25, -0.2) is 0 Å². The molecule has 2 aromatic carbocycles. The van der Waals surface area contributed by atoms with Crippen LogP contribution in [-0.4, -0.2) is 18.8 Å². The molecule has 106 valence electrons. The lowest BCUT2D eigenvalue weighted by molar-refractivity contribution is -0.146. The minimum Gasteiger partial charge on any atom is -0.468 e. The molecule has 0 saturated heterocycles. The quantitative estimate of drug-likeness (QED) is 0.813. The zero-order valence-corrected chi connectivity index (χ0v) is 11.6. The van der Waals surface area contributed by atoms with E-state index < -0.39 is 12.0 Å². The van der Waals surface area contributed by atoms with Gasteiger partial charge in [-0.2, -0.15) is 0 Å². The standard InChI is InChI=1S/C17H15NO3/c1-20-17(19)14-15(12-8-4-2-5-9-12)18-21-16(14)13-10-6-3-7-11-13/h2-11,14,16H,1H3/t14-,16+/m1/s1. The van der Waals surface area contributed by atoms with Gasteiger partial charge in [0.2, 0.25) is 0 Å². The van der Waals surface area contributed by atoms with Crippen molar-refractivity contribution in [2.45, 2.75) is 6.10 Å². The molecule has 1 aliphatic rings. The Morgan fingerprint density at radius 3 is 2.29 bits per heavy atom. The van der Waals surface area contributed by atoms with E-state index in [0.717, 1.165) is 11.1 Å². The largest absolute Gasteiger partial charge is 0.468 e. The number of oxime groups is 1. The lowest BCUT2D eigenvalue weighted by atomic mass is 9.89. The summed E-state index contributed by atoms with van der Waals surface area (Å²) in [6.07, 6.45) is -0.450. The molecular weight excluding hydrogens is 266 g/mol. The maximum absolute atomic E-state index is 12.2. The van der Waals surface area contributed by atoms with Crippen LogP contribution in [0.5, 0.6) is 0 Å². The lowest BCUT2D eigenvalue weighted by Crippen LogP contribution is -2.28. The fraction of sp³-hybridized carbons (Fsp3) is 0.176. The van der Waals surface area contributed by atoms with Crippen LogP contribution in [0.3, 0.4) is 0 Å². The lowest BCUT2D eigenvalue weighted by Gasteiger charge is -2.17. The first-order valence-corrected chi connectivity index (χ1v) is 6.73. The molecule has 0 N–H and O–H groups in total. The van der Waals surface area contributed by atoms with Crippen LogP contribution in [0.2, 0.25) is 0 Å². The summed E-state index contributed by atoms with van der Waals surface area (Å²) in [7, 11) is 1.38. The highest BCUT2D eigenvalue weighted by Gasteiger charge is 2.42. The number of benzene rings is 2. The van der Waals surface area contributed by atoms with Crippen LogP contribution in [0, 0.1) is 5.92 Å². The predicted molar refractivity (Wildman–Crippen MR) is 78.8 cm³/mol. The van der Waals surface area contributed by atoms with Gasteiger partial charge in [0, 0.05) is 5.56 Å². The molecule has 1 heterocycles. The number of hydrogen-bond acceptors (Lipinski definition) is 4. The summed E-state index contributed by atoms with van der Waals surface area (Å²) < 4.78 is 4.94. The van der Waals surface area contributed by atoms with Crippen molar-refractivity contribution in [3.8, 4) is 0 Å². The topological polar surface area (TPSA) is 47.9 Å². The van der Waals surface area contributed by atoms with Crippen molar-refractivity contribution in [2.75, 3.05) is 7.11 Å². The maximum Gasteiger partial charge on any atom is 0.319 e. The van der Waals surface area contributed by atoms with Gasteiger partial charge in [-0.3, -0.25) is 4.79 Å². The zero-order valence-electron chi connectivity index (χ0n) is 11.6. The number of nitrogens with zero attached hydrogens (tertiary/aromatic N) is 1. The highest BCUT2D eigenvalue weighted by molar-refractivity contribution is 6.12. The summed E-state index contributed by atoms with van der Waals surface area (Å²) >= 11 is 0. The molecule has 0 amide bonds. The van der Waals surface area contributed by atoms with Crippen LogP contribution in [-0.2, 0) is 14.4 Å². The Morgan fingerprint density at radius 1 is 1.05 bits per heavy atom. The second kappa shape index (κ2) is 5.79. The van der Waals surface area contributed by atoms with E-state index in [1.807, 2.05) is 60.7 Å². The van der Waals surface area contributed by atoms with Crippen molar-refractivity contribution in [2.24, 2.45) is 11.1 Å². The van der Waals surface area contributed by atoms with E-state index in [1.54, 1.807) is 0 Å². The summed E-state index contributed by atoms with van der Waals surface area (Å²) in [6.45, 7) is 0. The second-order valence-corrected chi connectivity index (χ2v) is 4.78. The van der Waals surface area contributed by atoms with E-state index >= 15 is 0 Å².